The Hall–Kier alpha value is -4.16. The number of benzene rings is 2. The van der Waals surface area contributed by atoms with E-state index in [9.17, 15) is 4.79 Å². The van der Waals surface area contributed by atoms with Crippen LogP contribution < -0.4 is 15.0 Å². The molecule has 0 aliphatic rings. The Morgan fingerprint density at radius 2 is 1.79 bits per heavy atom. The van der Waals surface area contributed by atoms with Crippen LogP contribution in [0.2, 0.25) is 18.1 Å². The van der Waals surface area contributed by atoms with E-state index >= 15 is 8.78 Å². The highest BCUT2D eigenvalue weighted by atomic mass is 28.4. The number of hydrogen-bond donors (Lipinski definition) is 1. The molecule has 4 rings (SSSR count). The number of anilines is 3. The highest BCUT2D eigenvalue weighted by Crippen LogP contribution is 2.39. The second-order valence-electron chi connectivity index (χ2n) is 13.6. The number of nitrogens with zero attached hydrogens (tertiary/aromatic N) is 4. The number of pyridine rings is 1. The molecule has 0 spiro atoms. The van der Waals surface area contributed by atoms with E-state index in [2.05, 4.69) is 15.3 Å². The van der Waals surface area contributed by atoms with Gasteiger partial charge in [-0.3, -0.25) is 4.79 Å². The Bertz CT molecular complexity index is 1760. The molecular weight excluding hydrogens is 633 g/mol. The van der Waals surface area contributed by atoms with Gasteiger partial charge in [0.25, 0.3) is 5.92 Å². The van der Waals surface area contributed by atoms with Gasteiger partial charge in [-0.05, 0) is 67.9 Å². The lowest BCUT2D eigenvalue weighted by molar-refractivity contribution is -0.140. The van der Waals surface area contributed by atoms with Crippen molar-refractivity contribution in [1.82, 2.24) is 15.0 Å². The second-order valence-corrected chi connectivity index (χ2v) is 18.4. The van der Waals surface area contributed by atoms with E-state index in [4.69, 9.17) is 18.9 Å². The lowest BCUT2D eigenvalue weighted by atomic mass is 10.0. The van der Waals surface area contributed by atoms with Crippen molar-refractivity contribution >= 4 is 42.4 Å². The maximum atomic E-state index is 15.4. The summed E-state index contributed by atoms with van der Waals surface area (Å²) in [7, 11) is 1.12. The van der Waals surface area contributed by atoms with Crippen molar-refractivity contribution in [3.05, 3.63) is 77.2 Å². The van der Waals surface area contributed by atoms with E-state index in [1.165, 1.54) is 19.1 Å². The Balaban J connectivity index is 1.60. The summed E-state index contributed by atoms with van der Waals surface area (Å²) in [6, 6.07) is 14.0. The Labute approximate surface area is 283 Å². The summed E-state index contributed by atoms with van der Waals surface area (Å²) in [5, 5.41) is 4.06. The molecule has 9 nitrogen and oxygen atoms in total. The van der Waals surface area contributed by atoms with Crippen LogP contribution in [0.4, 0.5) is 26.0 Å². The van der Waals surface area contributed by atoms with Gasteiger partial charge >= 0.3 is 5.97 Å². The lowest BCUT2D eigenvalue weighted by Crippen LogP contribution is -2.43. The summed E-state index contributed by atoms with van der Waals surface area (Å²) in [6.45, 7) is 14.7. The highest BCUT2D eigenvalue weighted by Gasteiger charge is 2.41. The molecule has 1 N–H and O–H groups in total. The van der Waals surface area contributed by atoms with Crippen molar-refractivity contribution < 1.29 is 27.5 Å². The Kier molecular flexibility index (Phi) is 11.1. The number of nitrogens with one attached hydrogen (secondary N) is 1. The van der Waals surface area contributed by atoms with Gasteiger partial charge in [0.1, 0.15) is 18.2 Å². The summed E-state index contributed by atoms with van der Waals surface area (Å²) in [4.78, 5) is 27.0. The fourth-order valence-corrected chi connectivity index (χ4v) is 5.91. The predicted octanol–water partition coefficient (Wildman–Crippen LogP) is 8.50. The molecule has 2 heterocycles. The predicted molar refractivity (Wildman–Crippen MR) is 189 cm³/mol. The molecule has 0 fully saturated rings. The largest absolute Gasteiger partial charge is 0.481 e. The van der Waals surface area contributed by atoms with Crippen LogP contribution >= 0.6 is 0 Å². The molecule has 48 heavy (non-hydrogen) atoms. The van der Waals surface area contributed by atoms with E-state index in [-0.39, 0.29) is 29.2 Å². The SMILES string of the molecule is COc1ncc(N(C)c2ccc3nc(C)nc(N[C@H](C)c4cccc(C(F)(F)CO[Si](C)(C)C(C)(C)C)c4)c3c2)cc1CCOC(C)=O. The average molecular weight is 680 g/mol. The molecule has 2 aromatic carbocycles. The molecule has 2 aromatic heterocycles. The molecule has 12 heteroatoms. The Morgan fingerprint density at radius 3 is 2.46 bits per heavy atom. The van der Waals surface area contributed by atoms with Gasteiger partial charge in [-0.2, -0.15) is 8.78 Å². The van der Waals surface area contributed by atoms with Crippen molar-refractivity contribution in [1.29, 1.82) is 0 Å². The van der Waals surface area contributed by atoms with Crippen molar-refractivity contribution in [2.45, 2.75) is 78.1 Å². The number of hydrogen-bond acceptors (Lipinski definition) is 9. The van der Waals surface area contributed by atoms with Crippen LogP contribution in [-0.2, 0) is 26.3 Å². The molecule has 0 amide bonds. The molecule has 1 atom stereocenters. The van der Waals surface area contributed by atoms with Gasteiger partial charge < -0.3 is 24.1 Å². The molecule has 0 aliphatic carbocycles. The Morgan fingerprint density at radius 1 is 1.06 bits per heavy atom. The first-order chi connectivity index (χ1) is 22.4. The van der Waals surface area contributed by atoms with Gasteiger partial charge in [0.05, 0.1) is 31.1 Å². The summed E-state index contributed by atoms with van der Waals surface area (Å²) < 4.78 is 47.3. The third kappa shape index (κ3) is 8.64. The first-order valence-corrected chi connectivity index (χ1v) is 18.9. The number of ether oxygens (including phenoxy) is 2. The van der Waals surface area contributed by atoms with Crippen molar-refractivity contribution in [2.75, 3.05) is 37.6 Å². The number of halogens is 2. The van der Waals surface area contributed by atoms with Gasteiger partial charge in [0, 0.05) is 48.6 Å². The molecule has 258 valence electrons. The van der Waals surface area contributed by atoms with Crippen molar-refractivity contribution in [3.8, 4) is 5.88 Å². The summed E-state index contributed by atoms with van der Waals surface area (Å²) in [5.74, 6) is -1.85. The fourth-order valence-electron chi connectivity index (χ4n) is 4.93. The van der Waals surface area contributed by atoms with Crippen molar-refractivity contribution in [3.63, 3.8) is 0 Å². The molecular formula is C36H47F2N5O4Si. The van der Waals surface area contributed by atoms with Crippen LogP contribution in [0.25, 0.3) is 10.9 Å². The van der Waals surface area contributed by atoms with Crippen LogP contribution in [0.5, 0.6) is 5.88 Å². The molecule has 0 aliphatic heterocycles. The third-order valence-electron chi connectivity index (χ3n) is 8.93. The number of carbonyl (C=O) groups excluding carboxylic acids is 1. The number of rotatable bonds is 13. The van der Waals surface area contributed by atoms with E-state index in [0.717, 1.165) is 27.8 Å². The fraction of sp³-hybridized carbons (Fsp3) is 0.444. The first kappa shape index (κ1) is 36.7. The van der Waals surface area contributed by atoms with Crippen LogP contribution in [0, 0.1) is 6.92 Å². The maximum Gasteiger partial charge on any atom is 0.302 e. The zero-order chi connectivity index (χ0) is 35.4. The molecule has 4 aromatic rings. The number of methoxy groups -OCH3 is 1. The topological polar surface area (TPSA) is 98.7 Å². The number of fused-ring (bicyclic) bond motifs is 1. The van der Waals surface area contributed by atoms with E-state index < -0.39 is 20.8 Å². The van der Waals surface area contributed by atoms with E-state index in [0.29, 0.717) is 29.5 Å². The monoisotopic (exact) mass is 679 g/mol. The minimum atomic E-state index is -3.14. The summed E-state index contributed by atoms with van der Waals surface area (Å²) in [6.07, 6.45) is 2.16. The summed E-state index contributed by atoms with van der Waals surface area (Å²) >= 11 is 0. The zero-order valence-electron chi connectivity index (χ0n) is 29.6. The van der Waals surface area contributed by atoms with Gasteiger partial charge in [-0.1, -0.05) is 39.0 Å². The maximum absolute atomic E-state index is 15.4. The lowest BCUT2D eigenvalue weighted by Gasteiger charge is -2.37. The van der Waals surface area contributed by atoms with Crippen LogP contribution in [0.15, 0.2) is 54.7 Å². The number of alkyl halides is 2. The molecule has 0 saturated carbocycles. The van der Waals surface area contributed by atoms with Crippen LogP contribution in [0.1, 0.15) is 63.2 Å². The second kappa shape index (κ2) is 14.5. The van der Waals surface area contributed by atoms with E-state index in [1.54, 1.807) is 19.4 Å². The quantitative estimate of drug-likeness (QED) is 0.110. The standard InChI is InChI=1S/C36H47F2N5O4Si/c1-23(26-12-11-13-28(18-26)36(37,38)22-47-48(9,10)35(4,5)6)40-33-31-20-29(14-15-32(31)41-24(2)42-33)43(7)30-19-27(16-17-46-25(3)44)34(45-8)39-21-30/h11-15,18-21,23H,16-17,22H2,1-10H3,(H,40,41,42)/t23-/m1/s1. The molecule has 0 unspecified atom stereocenters. The summed E-state index contributed by atoms with van der Waals surface area (Å²) in [5.41, 5.74) is 3.82. The number of aryl methyl sites for hydroxylation is 1. The van der Waals surface area contributed by atoms with Crippen molar-refractivity contribution in [2.24, 2.45) is 0 Å². The number of carbonyl (C=O) groups is 1. The number of esters is 1. The minimum Gasteiger partial charge on any atom is -0.481 e. The molecule has 0 saturated heterocycles. The van der Waals surface area contributed by atoms with Crippen LogP contribution in [-0.4, -0.2) is 56.6 Å². The van der Waals surface area contributed by atoms with Crippen LogP contribution in [0.3, 0.4) is 0 Å². The zero-order valence-corrected chi connectivity index (χ0v) is 30.6. The molecule has 0 radical (unpaired) electrons. The van der Waals surface area contributed by atoms with E-state index in [1.807, 2.05) is 90.0 Å². The first-order valence-electron chi connectivity index (χ1n) is 16.0. The van der Waals surface area contributed by atoms with Gasteiger partial charge in [-0.15, -0.1) is 0 Å². The normalized spacial score (nSPS) is 12.9. The molecule has 0 bridgehead atoms. The van der Waals surface area contributed by atoms with Gasteiger partial charge in [-0.25, -0.2) is 15.0 Å². The smallest absolute Gasteiger partial charge is 0.302 e. The average Bonchev–Trinajstić information content (AvgIpc) is 3.02. The van der Waals surface area contributed by atoms with Gasteiger partial charge in [0.2, 0.25) is 5.88 Å². The van der Waals surface area contributed by atoms with Gasteiger partial charge in [0.15, 0.2) is 8.32 Å². The highest BCUT2D eigenvalue weighted by molar-refractivity contribution is 6.74. The minimum absolute atomic E-state index is 0.0830. The third-order valence-corrected chi connectivity index (χ3v) is 13.4. The number of aromatic nitrogens is 3.